The number of methoxy groups -OCH3 is 1. The molecule has 1 aliphatic rings. The van der Waals surface area contributed by atoms with Gasteiger partial charge in [-0.3, -0.25) is 14.4 Å². The molecule has 1 aromatic heterocycles. The second-order valence-corrected chi connectivity index (χ2v) is 7.39. The molecule has 2 aromatic rings. The summed E-state index contributed by atoms with van der Waals surface area (Å²) in [6.45, 7) is 0.745. The van der Waals surface area contributed by atoms with Crippen LogP contribution in [-0.2, 0) is 25.5 Å². The maximum absolute atomic E-state index is 12.5. The monoisotopic (exact) mass is 386 g/mol. The molecule has 1 atom stereocenters. The molecule has 1 fully saturated rings. The van der Waals surface area contributed by atoms with Crippen LogP contribution in [0, 0.1) is 0 Å². The number of carbonyl (C=O) groups is 3. The largest absolute Gasteiger partial charge is 0.469 e. The van der Waals surface area contributed by atoms with Crippen molar-refractivity contribution in [2.75, 3.05) is 18.6 Å². The minimum Gasteiger partial charge on any atom is -0.469 e. The Hall–Kier alpha value is -2.67. The van der Waals surface area contributed by atoms with E-state index in [1.165, 1.54) is 18.4 Å². The maximum atomic E-state index is 12.5. The number of nitrogens with zero attached hydrogens (tertiary/aromatic N) is 1. The average molecular weight is 386 g/mol. The summed E-state index contributed by atoms with van der Waals surface area (Å²) in [7, 11) is 1.34. The van der Waals surface area contributed by atoms with Crippen molar-refractivity contribution in [3.8, 4) is 0 Å². The summed E-state index contributed by atoms with van der Waals surface area (Å²) in [4.78, 5) is 38.6. The van der Waals surface area contributed by atoms with E-state index in [-0.39, 0.29) is 30.6 Å². The highest BCUT2D eigenvalue weighted by atomic mass is 32.1. The zero-order valence-corrected chi connectivity index (χ0v) is 16.0. The first-order valence-electron chi connectivity index (χ1n) is 8.85. The van der Waals surface area contributed by atoms with Gasteiger partial charge in [0, 0.05) is 23.5 Å². The summed E-state index contributed by atoms with van der Waals surface area (Å²) in [5.41, 5.74) is 1.72. The van der Waals surface area contributed by atoms with Crippen LogP contribution < -0.4 is 10.2 Å². The van der Waals surface area contributed by atoms with Crippen LogP contribution in [-0.4, -0.2) is 31.4 Å². The summed E-state index contributed by atoms with van der Waals surface area (Å²) < 4.78 is 4.73. The van der Waals surface area contributed by atoms with Gasteiger partial charge in [-0.1, -0.05) is 18.2 Å². The lowest BCUT2D eigenvalue weighted by Crippen LogP contribution is -2.31. The normalized spacial score (nSPS) is 14.9. The van der Waals surface area contributed by atoms with Gasteiger partial charge >= 0.3 is 5.97 Å². The third-order valence-corrected chi connectivity index (χ3v) is 5.49. The first-order chi connectivity index (χ1) is 13.1. The Bertz CT molecular complexity index is 802. The first kappa shape index (κ1) is 19.1. The van der Waals surface area contributed by atoms with Crippen molar-refractivity contribution in [1.29, 1.82) is 0 Å². The number of ether oxygens (including phenoxy) is 1. The fourth-order valence-electron chi connectivity index (χ4n) is 3.11. The molecule has 142 valence electrons. The molecule has 0 saturated carbocycles. The van der Waals surface area contributed by atoms with E-state index in [4.69, 9.17) is 4.74 Å². The van der Waals surface area contributed by atoms with Crippen molar-refractivity contribution in [3.05, 3.63) is 52.2 Å². The number of hydrogen-bond acceptors (Lipinski definition) is 5. The van der Waals surface area contributed by atoms with E-state index >= 15 is 0 Å². The molecular weight excluding hydrogens is 364 g/mol. The Kier molecular flexibility index (Phi) is 6.24. The number of amides is 2. The van der Waals surface area contributed by atoms with Crippen molar-refractivity contribution in [3.63, 3.8) is 0 Å². The van der Waals surface area contributed by atoms with E-state index in [2.05, 4.69) is 5.32 Å². The van der Waals surface area contributed by atoms with Crippen molar-refractivity contribution in [2.24, 2.45) is 0 Å². The van der Waals surface area contributed by atoms with Gasteiger partial charge < -0.3 is 15.0 Å². The number of anilines is 1. The van der Waals surface area contributed by atoms with E-state index < -0.39 is 6.04 Å². The SMILES string of the molecule is COC(=O)CC(NC(=O)Cc1ccc(N2CCCC2=O)cc1)c1cccs1. The summed E-state index contributed by atoms with van der Waals surface area (Å²) in [6, 6.07) is 10.8. The van der Waals surface area contributed by atoms with Gasteiger partial charge in [-0.25, -0.2) is 0 Å². The lowest BCUT2D eigenvalue weighted by molar-refractivity contribution is -0.141. The number of rotatable bonds is 7. The van der Waals surface area contributed by atoms with Crippen LogP contribution >= 0.6 is 11.3 Å². The highest BCUT2D eigenvalue weighted by Gasteiger charge is 2.22. The smallest absolute Gasteiger partial charge is 0.307 e. The van der Waals surface area contributed by atoms with Gasteiger partial charge in [-0.2, -0.15) is 0 Å². The molecular formula is C20H22N2O4S. The predicted octanol–water partition coefficient (Wildman–Crippen LogP) is 2.84. The molecule has 3 rings (SSSR count). The van der Waals surface area contributed by atoms with Crippen LogP contribution in [0.3, 0.4) is 0 Å². The van der Waals surface area contributed by atoms with Gasteiger partial charge in [-0.15, -0.1) is 11.3 Å². The van der Waals surface area contributed by atoms with E-state index in [0.29, 0.717) is 6.42 Å². The molecule has 0 bridgehead atoms. The van der Waals surface area contributed by atoms with E-state index in [1.807, 2.05) is 41.8 Å². The molecule has 1 unspecified atom stereocenters. The predicted molar refractivity (Wildman–Crippen MR) is 104 cm³/mol. The molecule has 1 N–H and O–H groups in total. The zero-order chi connectivity index (χ0) is 19.2. The van der Waals surface area contributed by atoms with Crippen molar-refractivity contribution < 1.29 is 19.1 Å². The standard InChI is InChI=1S/C20H22N2O4S/c1-26-20(25)13-16(17-4-3-11-27-17)21-18(23)12-14-6-8-15(9-7-14)22-10-2-5-19(22)24/h3-4,6-9,11,16H,2,5,10,12-13H2,1H3,(H,21,23). The summed E-state index contributed by atoms with van der Waals surface area (Å²) in [5.74, 6) is -0.391. The molecule has 27 heavy (non-hydrogen) atoms. The molecule has 0 spiro atoms. The molecule has 2 amide bonds. The van der Waals surface area contributed by atoms with Gasteiger partial charge in [0.2, 0.25) is 11.8 Å². The molecule has 1 saturated heterocycles. The summed E-state index contributed by atoms with van der Waals surface area (Å²) >= 11 is 1.49. The van der Waals surface area contributed by atoms with Crippen LogP contribution in [0.2, 0.25) is 0 Å². The second kappa shape index (κ2) is 8.81. The number of hydrogen-bond donors (Lipinski definition) is 1. The van der Waals surface area contributed by atoms with Gasteiger partial charge in [0.05, 0.1) is 26.0 Å². The summed E-state index contributed by atoms with van der Waals surface area (Å²) in [6.07, 6.45) is 1.78. The molecule has 0 aliphatic carbocycles. The Balaban J connectivity index is 1.61. The number of nitrogens with one attached hydrogen (secondary N) is 1. The van der Waals surface area contributed by atoms with Crippen LogP contribution in [0.15, 0.2) is 41.8 Å². The number of carbonyl (C=O) groups excluding carboxylic acids is 3. The molecule has 7 heteroatoms. The van der Waals surface area contributed by atoms with Crippen molar-refractivity contribution in [2.45, 2.75) is 31.7 Å². The number of thiophene rings is 1. The Morgan fingerprint density at radius 1 is 1.26 bits per heavy atom. The lowest BCUT2D eigenvalue weighted by Gasteiger charge is -2.17. The molecule has 2 heterocycles. The highest BCUT2D eigenvalue weighted by Crippen LogP contribution is 2.24. The van der Waals surface area contributed by atoms with E-state index in [1.54, 1.807) is 4.90 Å². The average Bonchev–Trinajstić information content (AvgIpc) is 3.33. The van der Waals surface area contributed by atoms with Gasteiger partial charge in [0.15, 0.2) is 0 Å². The minimum atomic E-state index is -0.397. The van der Waals surface area contributed by atoms with Crippen molar-refractivity contribution >= 4 is 34.8 Å². The molecule has 1 aliphatic heterocycles. The lowest BCUT2D eigenvalue weighted by atomic mass is 10.1. The van der Waals surface area contributed by atoms with Crippen LogP contribution in [0.5, 0.6) is 0 Å². The molecule has 0 radical (unpaired) electrons. The van der Waals surface area contributed by atoms with E-state index in [0.717, 1.165) is 29.1 Å². The van der Waals surface area contributed by atoms with Crippen molar-refractivity contribution in [1.82, 2.24) is 5.32 Å². The fraction of sp³-hybridized carbons (Fsp3) is 0.350. The zero-order valence-electron chi connectivity index (χ0n) is 15.1. The Morgan fingerprint density at radius 3 is 2.63 bits per heavy atom. The van der Waals surface area contributed by atoms with E-state index in [9.17, 15) is 14.4 Å². The van der Waals surface area contributed by atoms with Crippen LogP contribution in [0.4, 0.5) is 5.69 Å². The molecule has 1 aromatic carbocycles. The first-order valence-corrected chi connectivity index (χ1v) is 9.73. The number of esters is 1. The fourth-order valence-corrected chi connectivity index (χ4v) is 3.89. The van der Waals surface area contributed by atoms with Gasteiger partial charge in [-0.05, 0) is 35.6 Å². The number of benzene rings is 1. The minimum absolute atomic E-state index is 0.0960. The Morgan fingerprint density at radius 2 is 2.04 bits per heavy atom. The quantitative estimate of drug-likeness (QED) is 0.743. The topological polar surface area (TPSA) is 75.7 Å². The maximum Gasteiger partial charge on any atom is 0.307 e. The third kappa shape index (κ3) is 4.95. The second-order valence-electron chi connectivity index (χ2n) is 6.41. The Labute approximate surface area is 162 Å². The van der Waals surface area contributed by atoms with Crippen LogP contribution in [0.1, 0.15) is 35.7 Å². The van der Waals surface area contributed by atoms with Gasteiger partial charge in [0.25, 0.3) is 0 Å². The van der Waals surface area contributed by atoms with Gasteiger partial charge in [0.1, 0.15) is 0 Å². The third-order valence-electron chi connectivity index (χ3n) is 4.51. The highest BCUT2D eigenvalue weighted by molar-refractivity contribution is 7.10. The summed E-state index contributed by atoms with van der Waals surface area (Å²) in [5, 5.41) is 4.82. The van der Waals surface area contributed by atoms with Crippen LogP contribution in [0.25, 0.3) is 0 Å². The molecule has 6 nitrogen and oxygen atoms in total.